The molecular weight excluding hydrogens is 446 g/mol. The highest BCUT2D eigenvalue weighted by Crippen LogP contribution is 2.09. The van der Waals surface area contributed by atoms with Crippen molar-refractivity contribution in [3.63, 3.8) is 0 Å². The second kappa shape index (κ2) is 13.3. The number of aliphatic carboxylic acids is 3. The van der Waals surface area contributed by atoms with Crippen LogP contribution in [-0.4, -0.2) is 66.3 Å². The Hall–Kier alpha value is -3.19. The standard InChI is InChI=1S/C19H27N3O9S/c23-16(24)10-9-15(18(27)28)22-19(29)21-13(12-17(25)26)6-4-5-11-20-32(30,31)14-7-2-1-3-8-14/h1-3,7-8,13,15,20H,4-6,9-12H2,(H,23,24)(H,25,26)(H,27,28)(H2,21,22,29). The van der Waals surface area contributed by atoms with E-state index >= 15 is 0 Å². The van der Waals surface area contributed by atoms with E-state index in [4.69, 9.17) is 15.3 Å². The van der Waals surface area contributed by atoms with Crippen LogP contribution in [0.1, 0.15) is 38.5 Å². The molecule has 2 unspecified atom stereocenters. The van der Waals surface area contributed by atoms with Crippen molar-refractivity contribution in [2.24, 2.45) is 0 Å². The summed E-state index contributed by atoms with van der Waals surface area (Å²) in [5.74, 6) is -3.81. The number of carboxylic acid groups (broad SMARTS) is 3. The molecule has 0 saturated heterocycles. The van der Waals surface area contributed by atoms with Gasteiger partial charge in [0, 0.05) is 19.0 Å². The highest BCUT2D eigenvalue weighted by atomic mass is 32.2. The Kier molecular flexibility index (Phi) is 11.1. The van der Waals surface area contributed by atoms with Crippen LogP contribution in [0.25, 0.3) is 0 Å². The van der Waals surface area contributed by atoms with E-state index in [1.54, 1.807) is 18.2 Å². The molecule has 2 amide bonds. The van der Waals surface area contributed by atoms with Crippen molar-refractivity contribution in [1.29, 1.82) is 0 Å². The molecule has 1 aromatic carbocycles. The summed E-state index contributed by atoms with van der Waals surface area (Å²) in [6, 6.07) is 4.59. The Morgan fingerprint density at radius 2 is 1.53 bits per heavy atom. The fourth-order valence-electron chi connectivity index (χ4n) is 2.75. The molecule has 2 atom stereocenters. The Bertz CT molecular complexity index is 891. The first-order valence-electron chi connectivity index (χ1n) is 9.79. The van der Waals surface area contributed by atoms with Crippen molar-refractivity contribution in [2.75, 3.05) is 6.54 Å². The molecule has 1 rings (SSSR count). The number of hydrogen-bond donors (Lipinski definition) is 6. The Labute approximate surface area is 185 Å². The lowest BCUT2D eigenvalue weighted by molar-refractivity contribution is -0.141. The third kappa shape index (κ3) is 10.7. The van der Waals surface area contributed by atoms with Crippen LogP contribution >= 0.6 is 0 Å². The maximum atomic E-state index is 12.1. The van der Waals surface area contributed by atoms with E-state index in [0.29, 0.717) is 12.8 Å². The van der Waals surface area contributed by atoms with E-state index in [1.807, 2.05) is 0 Å². The SMILES string of the molecule is O=C(O)CCC(NC(=O)NC(CCCCNS(=O)(=O)c1ccccc1)CC(=O)O)C(=O)O. The van der Waals surface area contributed by atoms with Crippen molar-refractivity contribution in [3.05, 3.63) is 30.3 Å². The number of carboxylic acids is 3. The molecule has 13 heteroatoms. The molecule has 0 heterocycles. The molecule has 6 N–H and O–H groups in total. The predicted octanol–water partition coefficient (Wildman–Crippen LogP) is 0.596. The van der Waals surface area contributed by atoms with Crippen molar-refractivity contribution < 1.29 is 42.9 Å². The monoisotopic (exact) mass is 473 g/mol. The highest BCUT2D eigenvalue weighted by Gasteiger charge is 2.23. The topological polar surface area (TPSA) is 199 Å². The van der Waals surface area contributed by atoms with Crippen LogP contribution in [0.3, 0.4) is 0 Å². The molecule has 0 aliphatic heterocycles. The molecule has 0 aromatic heterocycles. The van der Waals surface area contributed by atoms with Gasteiger partial charge in [0.05, 0.1) is 11.3 Å². The fraction of sp³-hybridized carbons (Fsp3) is 0.474. The van der Waals surface area contributed by atoms with Gasteiger partial charge in [-0.3, -0.25) is 9.59 Å². The van der Waals surface area contributed by atoms with Gasteiger partial charge >= 0.3 is 23.9 Å². The third-order valence-electron chi connectivity index (χ3n) is 4.33. The predicted molar refractivity (Wildman–Crippen MR) is 111 cm³/mol. The normalized spacial score (nSPS) is 13.0. The molecule has 0 spiro atoms. The van der Waals surface area contributed by atoms with E-state index in [1.165, 1.54) is 12.1 Å². The summed E-state index contributed by atoms with van der Waals surface area (Å²) in [5.41, 5.74) is 0. The second-order valence-electron chi connectivity index (χ2n) is 6.94. The minimum atomic E-state index is -3.65. The number of benzene rings is 1. The summed E-state index contributed by atoms with van der Waals surface area (Å²) in [6.07, 6.45) is -0.244. The van der Waals surface area contributed by atoms with E-state index in [-0.39, 0.29) is 24.3 Å². The van der Waals surface area contributed by atoms with Crippen molar-refractivity contribution in [2.45, 2.75) is 55.5 Å². The molecule has 12 nitrogen and oxygen atoms in total. The Balaban J connectivity index is 2.51. The highest BCUT2D eigenvalue weighted by molar-refractivity contribution is 7.89. The van der Waals surface area contributed by atoms with Gasteiger partial charge in [-0.25, -0.2) is 22.7 Å². The van der Waals surface area contributed by atoms with E-state index in [2.05, 4.69) is 15.4 Å². The molecule has 32 heavy (non-hydrogen) atoms. The molecule has 0 aliphatic rings. The lowest BCUT2D eigenvalue weighted by atomic mass is 10.1. The Morgan fingerprint density at radius 3 is 2.09 bits per heavy atom. The molecule has 0 fully saturated rings. The number of hydrogen-bond acceptors (Lipinski definition) is 6. The summed E-state index contributed by atoms with van der Waals surface area (Å²) < 4.78 is 26.7. The first-order valence-corrected chi connectivity index (χ1v) is 11.3. The minimum absolute atomic E-state index is 0.111. The average molecular weight is 474 g/mol. The zero-order chi connectivity index (χ0) is 24.1. The van der Waals surface area contributed by atoms with Gasteiger partial charge in [-0.1, -0.05) is 24.6 Å². The van der Waals surface area contributed by atoms with Crippen LogP contribution in [0.5, 0.6) is 0 Å². The summed E-state index contributed by atoms with van der Waals surface area (Å²) in [4.78, 5) is 45.0. The third-order valence-corrected chi connectivity index (χ3v) is 5.81. The van der Waals surface area contributed by atoms with Crippen LogP contribution in [0, 0.1) is 0 Å². The largest absolute Gasteiger partial charge is 0.481 e. The average Bonchev–Trinajstić information content (AvgIpc) is 2.70. The summed E-state index contributed by atoms with van der Waals surface area (Å²) >= 11 is 0. The van der Waals surface area contributed by atoms with Gasteiger partial charge < -0.3 is 26.0 Å². The lowest BCUT2D eigenvalue weighted by Crippen LogP contribution is -2.49. The van der Waals surface area contributed by atoms with Crippen LogP contribution in [0.4, 0.5) is 4.79 Å². The molecule has 0 aliphatic carbocycles. The van der Waals surface area contributed by atoms with Gasteiger partial charge in [0.25, 0.3) is 0 Å². The van der Waals surface area contributed by atoms with Crippen LogP contribution < -0.4 is 15.4 Å². The smallest absolute Gasteiger partial charge is 0.326 e. The van der Waals surface area contributed by atoms with E-state index in [0.717, 1.165) is 0 Å². The number of urea groups is 1. The van der Waals surface area contributed by atoms with Gasteiger partial charge in [-0.05, 0) is 31.4 Å². The first kappa shape index (κ1) is 26.8. The summed E-state index contributed by atoms with van der Waals surface area (Å²) in [7, 11) is -3.65. The lowest BCUT2D eigenvalue weighted by Gasteiger charge is -2.20. The molecule has 0 bridgehead atoms. The number of sulfonamides is 1. The molecule has 0 saturated carbocycles. The van der Waals surface area contributed by atoms with Crippen molar-refractivity contribution in [1.82, 2.24) is 15.4 Å². The molecular formula is C19H27N3O9S. The maximum Gasteiger partial charge on any atom is 0.326 e. The number of rotatable bonds is 15. The summed E-state index contributed by atoms with van der Waals surface area (Å²) in [6.45, 7) is 0.111. The fourth-order valence-corrected chi connectivity index (χ4v) is 3.85. The molecule has 178 valence electrons. The first-order chi connectivity index (χ1) is 15.0. The van der Waals surface area contributed by atoms with Crippen LogP contribution in [-0.2, 0) is 24.4 Å². The maximum absolute atomic E-state index is 12.1. The van der Waals surface area contributed by atoms with Gasteiger partial charge in [0.1, 0.15) is 6.04 Å². The number of carbonyl (C=O) groups is 4. The van der Waals surface area contributed by atoms with Crippen molar-refractivity contribution in [3.8, 4) is 0 Å². The number of nitrogens with one attached hydrogen (secondary N) is 3. The van der Waals surface area contributed by atoms with Crippen LogP contribution in [0.2, 0.25) is 0 Å². The number of amides is 2. The zero-order valence-corrected chi connectivity index (χ0v) is 18.0. The molecule has 1 aromatic rings. The van der Waals surface area contributed by atoms with Crippen molar-refractivity contribution >= 4 is 34.0 Å². The van der Waals surface area contributed by atoms with E-state index in [9.17, 15) is 27.6 Å². The van der Waals surface area contributed by atoms with Gasteiger partial charge in [-0.2, -0.15) is 0 Å². The van der Waals surface area contributed by atoms with Crippen LogP contribution in [0.15, 0.2) is 35.2 Å². The Morgan fingerprint density at radius 1 is 0.875 bits per heavy atom. The quantitative estimate of drug-likeness (QED) is 0.197. The van der Waals surface area contributed by atoms with Gasteiger partial charge in [0.15, 0.2) is 0 Å². The van der Waals surface area contributed by atoms with Gasteiger partial charge in [-0.15, -0.1) is 0 Å². The number of unbranched alkanes of at least 4 members (excludes halogenated alkanes) is 1. The van der Waals surface area contributed by atoms with E-state index < -0.39 is 58.9 Å². The molecule has 0 radical (unpaired) electrons. The zero-order valence-electron chi connectivity index (χ0n) is 17.2. The summed E-state index contributed by atoms with van der Waals surface area (Å²) in [5, 5.41) is 31.2. The van der Waals surface area contributed by atoms with Gasteiger partial charge in [0.2, 0.25) is 10.0 Å². The minimum Gasteiger partial charge on any atom is -0.481 e. The second-order valence-corrected chi connectivity index (χ2v) is 8.71. The number of carbonyl (C=O) groups excluding carboxylic acids is 1.